The van der Waals surface area contributed by atoms with E-state index in [2.05, 4.69) is 15.6 Å². The van der Waals surface area contributed by atoms with E-state index in [0.717, 1.165) is 46.3 Å². The first-order valence-electron chi connectivity index (χ1n) is 11.2. The second-order valence-electron chi connectivity index (χ2n) is 8.92. The zero-order valence-electron chi connectivity index (χ0n) is 19.3. The molecule has 5 rings (SSSR count). The van der Waals surface area contributed by atoms with Crippen molar-refractivity contribution in [2.75, 3.05) is 17.6 Å². The third kappa shape index (κ3) is 4.82. The molecule has 1 fully saturated rings. The summed E-state index contributed by atoms with van der Waals surface area (Å²) in [6, 6.07) is 9.59. The maximum atomic E-state index is 12.5. The molecule has 2 heterocycles. The second-order valence-corrected chi connectivity index (χ2v) is 11.1. The monoisotopic (exact) mass is 512 g/mol. The van der Waals surface area contributed by atoms with Gasteiger partial charge in [0.2, 0.25) is 10.0 Å². The van der Waals surface area contributed by atoms with E-state index in [1.807, 2.05) is 36.4 Å². The zero-order valence-corrected chi connectivity index (χ0v) is 20.9. The van der Waals surface area contributed by atoms with Gasteiger partial charge in [0.25, 0.3) is 5.91 Å². The molecule has 0 atom stereocenters. The van der Waals surface area contributed by atoms with Crippen LogP contribution in [0.1, 0.15) is 34.3 Å². The van der Waals surface area contributed by atoms with Gasteiger partial charge in [-0.15, -0.1) is 0 Å². The van der Waals surface area contributed by atoms with E-state index in [9.17, 15) is 13.2 Å². The van der Waals surface area contributed by atoms with E-state index in [0.29, 0.717) is 22.1 Å². The Bertz CT molecular complexity index is 1590. The van der Waals surface area contributed by atoms with Gasteiger partial charge in [0, 0.05) is 18.2 Å². The average Bonchev–Trinajstić information content (AvgIpc) is 3.48. The summed E-state index contributed by atoms with van der Waals surface area (Å²) in [5.41, 5.74) is 6.27. The fourth-order valence-electron chi connectivity index (χ4n) is 3.97. The van der Waals surface area contributed by atoms with Crippen LogP contribution in [0.15, 0.2) is 36.5 Å². The number of hydrogen-bond donors (Lipinski definition) is 3. The Balaban J connectivity index is 1.62. The molecule has 0 radical (unpaired) electrons. The van der Waals surface area contributed by atoms with Crippen LogP contribution in [0.5, 0.6) is 0 Å². The first kappa shape index (κ1) is 23.5. The molecule has 35 heavy (non-hydrogen) atoms. The molecule has 1 aliphatic carbocycles. The number of primary sulfonamides is 1. The second kappa shape index (κ2) is 8.78. The van der Waals surface area contributed by atoms with Crippen molar-refractivity contribution in [3.8, 4) is 11.3 Å². The van der Waals surface area contributed by atoms with Gasteiger partial charge in [-0.3, -0.25) is 9.20 Å². The highest BCUT2D eigenvalue weighted by molar-refractivity contribution is 7.89. The molecule has 182 valence electrons. The predicted octanol–water partition coefficient (Wildman–Crippen LogP) is 3.41. The maximum Gasteiger partial charge on any atom is 0.253 e. The predicted molar refractivity (Wildman–Crippen MR) is 137 cm³/mol. The lowest BCUT2D eigenvalue weighted by molar-refractivity contribution is 0.0951. The molecule has 0 aliphatic heterocycles. The highest BCUT2D eigenvalue weighted by atomic mass is 35.5. The molecule has 1 amide bonds. The number of carbonyl (C=O) groups is 1. The summed E-state index contributed by atoms with van der Waals surface area (Å²) in [7, 11) is -3.62. The molecular weight excluding hydrogens is 488 g/mol. The van der Waals surface area contributed by atoms with Crippen LogP contribution in [0.25, 0.3) is 27.9 Å². The Morgan fingerprint density at radius 2 is 1.94 bits per heavy atom. The highest BCUT2D eigenvalue weighted by Crippen LogP contribution is 2.32. The summed E-state index contributed by atoms with van der Waals surface area (Å²) in [4.78, 5) is 21.8. The average molecular weight is 513 g/mol. The summed E-state index contributed by atoms with van der Waals surface area (Å²) < 4.78 is 24.7. The highest BCUT2D eigenvalue weighted by Gasteiger charge is 2.25. The van der Waals surface area contributed by atoms with Crippen LogP contribution < -0.4 is 15.8 Å². The van der Waals surface area contributed by atoms with Gasteiger partial charge in [-0.2, -0.15) is 0 Å². The number of fused-ring (bicyclic) bond motifs is 3. The van der Waals surface area contributed by atoms with Gasteiger partial charge < -0.3 is 10.6 Å². The van der Waals surface area contributed by atoms with Crippen LogP contribution in [0.2, 0.25) is 5.02 Å². The van der Waals surface area contributed by atoms with Crippen molar-refractivity contribution in [1.82, 2.24) is 19.7 Å². The molecule has 9 nitrogen and oxygen atoms in total. The van der Waals surface area contributed by atoms with Gasteiger partial charge in [-0.05, 0) is 62.1 Å². The van der Waals surface area contributed by atoms with Gasteiger partial charge in [0.05, 0.1) is 39.3 Å². The van der Waals surface area contributed by atoms with E-state index in [1.54, 1.807) is 18.3 Å². The molecule has 1 saturated carbocycles. The summed E-state index contributed by atoms with van der Waals surface area (Å²) in [6.07, 6.45) is 3.71. The van der Waals surface area contributed by atoms with E-state index in [1.165, 1.54) is 0 Å². The minimum atomic E-state index is -3.62. The van der Waals surface area contributed by atoms with Crippen molar-refractivity contribution in [3.05, 3.63) is 58.2 Å². The molecular formula is C24H25ClN6O3S. The molecule has 0 saturated heterocycles. The standard InChI is InChI=1S/C24H25ClN6O3S/c1-13-9-19-20(10-14(13)2)31-21(12-28-23(31)22(30-19)27-7-8-35(26,33)34)15-3-6-17(18(25)11-15)24(32)29-16-4-5-16/h3,6,9-12,16H,4-5,7-8H2,1-2H3,(H,27,30)(H,29,32)(H2,26,33,34). The van der Waals surface area contributed by atoms with Crippen molar-refractivity contribution in [3.63, 3.8) is 0 Å². The number of carbonyl (C=O) groups excluding carboxylic acids is 1. The summed E-state index contributed by atoms with van der Waals surface area (Å²) in [5, 5.41) is 11.5. The van der Waals surface area contributed by atoms with Crippen LogP contribution in [0.3, 0.4) is 0 Å². The third-order valence-electron chi connectivity index (χ3n) is 6.14. The number of nitrogens with zero attached hydrogens (tertiary/aromatic N) is 3. The Kier molecular flexibility index (Phi) is 5.90. The maximum absolute atomic E-state index is 12.5. The number of aromatic nitrogens is 3. The van der Waals surface area contributed by atoms with Crippen LogP contribution >= 0.6 is 11.6 Å². The molecule has 2 aromatic carbocycles. The Hall–Kier alpha value is -3.21. The third-order valence-corrected chi connectivity index (χ3v) is 7.22. The number of benzene rings is 2. The van der Waals surface area contributed by atoms with Gasteiger partial charge in [0.15, 0.2) is 11.5 Å². The summed E-state index contributed by atoms with van der Waals surface area (Å²) >= 11 is 6.52. The van der Waals surface area contributed by atoms with Gasteiger partial charge >= 0.3 is 0 Å². The molecule has 0 bridgehead atoms. The van der Waals surface area contributed by atoms with Crippen molar-refractivity contribution < 1.29 is 13.2 Å². The van der Waals surface area contributed by atoms with Crippen LogP contribution in [0.4, 0.5) is 5.82 Å². The van der Waals surface area contributed by atoms with E-state index < -0.39 is 10.0 Å². The lowest BCUT2D eigenvalue weighted by Crippen LogP contribution is -2.25. The number of hydrogen-bond acceptors (Lipinski definition) is 6. The number of anilines is 1. The number of nitrogens with two attached hydrogens (primary N) is 1. The Morgan fingerprint density at radius 3 is 2.63 bits per heavy atom. The fourth-order valence-corrected chi connectivity index (χ4v) is 4.62. The normalized spacial score (nSPS) is 13.9. The Labute approximate surface area is 207 Å². The van der Waals surface area contributed by atoms with Crippen LogP contribution in [-0.4, -0.2) is 47.0 Å². The lowest BCUT2D eigenvalue weighted by atomic mass is 10.1. The number of aryl methyl sites for hydroxylation is 2. The molecule has 4 aromatic rings. The topological polar surface area (TPSA) is 131 Å². The van der Waals surface area contributed by atoms with Crippen LogP contribution in [0, 0.1) is 13.8 Å². The first-order valence-corrected chi connectivity index (χ1v) is 13.3. The van der Waals surface area contributed by atoms with E-state index >= 15 is 0 Å². The van der Waals surface area contributed by atoms with Crippen molar-refractivity contribution in [2.24, 2.45) is 5.14 Å². The number of sulfonamides is 1. The Morgan fingerprint density at radius 1 is 1.20 bits per heavy atom. The lowest BCUT2D eigenvalue weighted by Gasteiger charge is -2.13. The smallest absolute Gasteiger partial charge is 0.253 e. The minimum absolute atomic E-state index is 0.0939. The number of amides is 1. The fraction of sp³-hybridized carbons (Fsp3) is 0.292. The zero-order chi connectivity index (χ0) is 24.9. The molecule has 11 heteroatoms. The number of halogens is 1. The van der Waals surface area contributed by atoms with E-state index in [4.69, 9.17) is 21.7 Å². The SMILES string of the molecule is Cc1cc2nc(NCCS(N)(=O)=O)c3ncc(-c4ccc(C(=O)NC5CC5)c(Cl)c4)n3c2cc1C. The number of rotatable bonds is 7. The minimum Gasteiger partial charge on any atom is -0.366 e. The number of imidazole rings is 1. The molecule has 2 aromatic heterocycles. The number of nitrogens with one attached hydrogen (secondary N) is 2. The van der Waals surface area contributed by atoms with Crippen molar-refractivity contribution >= 4 is 50.0 Å². The van der Waals surface area contributed by atoms with Crippen LogP contribution in [-0.2, 0) is 10.0 Å². The van der Waals surface area contributed by atoms with Gasteiger partial charge in [0.1, 0.15) is 0 Å². The molecule has 0 unspecified atom stereocenters. The molecule has 1 aliphatic rings. The van der Waals surface area contributed by atoms with Crippen molar-refractivity contribution in [1.29, 1.82) is 0 Å². The molecule has 0 spiro atoms. The first-order chi connectivity index (χ1) is 16.6. The van der Waals surface area contributed by atoms with Crippen molar-refractivity contribution in [2.45, 2.75) is 32.7 Å². The quantitative estimate of drug-likeness (QED) is 0.347. The van der Waals surface area contributed by atoms with Gasteiger partial charge in [-0.1, -0.05) is 17.7 Å². The summed E-state index contributed by atoms with van der Waals surface area (Å²) in [6.45, 7) is 4.13. The van der Waals surface area contributed by atoms with Gasteiger partial charge in [-0.25, -0.2) is 23.5 Å². The van der Waals surface area contributed by atoms with E-state index in [-0.39, 0.29) is 24.2 Å². The molecule has 4 N–H and O–H groups in total. The summed E-state index contributed by atoms with van der Waals surface area (Å²) in [5.74, 6) is 0.0331. The largest absolute Gasteiger partial charge is 0.366 e.